The molecule has 1 unspecified atom stereocenters. The van der Waals surface area contributed by atoms with Crippen molar-refractivity contribution in [1.29, 1.82) is 0 Å². The number of ether oxygens (including phenoxy) is 1. The van der Waals surface area contributed by atoms with Crippen molar-refractivity contribution in [2.24, 2.45) is 5.73 Å². The van der Waals surface area contributed by atoms with E-state index in [1.54, 1.807) is 0 Å². The monoisotopic (exact) mass is 234 g/mol. The van der Waals surface area contributed by atoms with Gasteiger partial charge in [-0.05, 0) is 0 Å². The lowest BCUT2D eigenvalue weighted by molar-refractivity contribution is 0.0208. The van der Waals surface area contributed by atoms with Crippen molar-refractivity contribution >= 4 is 12.4 Å². The molecule has 1 atom stereocenters. The summed E-state index contributed by atoms with van der Waals surface area (Å²) < 4.78 is 10.5. The molecule has 1 aromatic rings. The molecule has 0 aliphatic carbocycles. The van der Waals surface area contributed by atoms with Crippen LogP contribution in [0.15, 0.2) is 4.52 Å². The topological polar surface area (TPSA) is 86.2 Å². The van der Waals surface area contributed by atoms with E-state index in [2.05, 4.69) is 15.5 Å². The van der Waals surface area contributed by atoms with Crippen LogP contribution in [0.4, 0.5) is 0 Å². The number of halogens is 1. The molecule has 2 rings (SSSR count). The molecule has 15 heavy (non-hydrogen) atoms. The van der Waals surface area contributed by atoms with Gasteiger partial charge in [-0.1, -0.05) is 5.16 Å². The molecule has 1 aliphatic heterocycles. The van der Waals surface area contributed by atoms with Crippen LogP contribution in [0, 0.1) is 0 Å². The molecule has 1 aliphatic rings. The molecule has 0 saturated carbocycles. The predicted octanol–water partition coefficient (Wildman–Crippen LogP) is -0.347. The maximum absolute atomic E-state index is 5.48. The van der Waals surface area contributed by atoms with E-state index in [9.17, 15) is 0 Å². The van der Waals surface area contributed by atoms with Crippen LogP contribution in [0.25, 0.3) is 0 Å². The summed E-state index contributed by atoms with van der Waals surface area (Å²) in [5.41, 5.74) is 5.38. The molecule has 6 nitrogen and oxygen atoms in total. The van der Waals surface area contributed by atoms with E-state index >= 15 is 0 Å². The van der Waals surface area contributed by atoms with Crippen molar-refractivity contribution in [2.45, 2.75) is 12.5 Å². The highest BCUT2D eigenvalue weighted by Gasteiger charge is 2.20. The first-order valence-electron chi connectivity index (χ1n) is 4.75. The van der Waals surface area contributed by atoms with Crippen molar-refractivity contribution < 1.29 is 9.26 Å². The largest absolute Gasteiger partial charge is 0.367 e. The summed E-state index contributed by atoms with van der Waals surface area (Å²) in [6.07, 6.45) is 0.534. The summed E-state index contributed by atoms with van der Waals surface area (Å²) in [6, 6.07) is 0. The fraction of sp³-hybridized carbons (Fsp3) is 0.750. The molecule has 0 aromatic carbocycles. The minimum Gasteiger partial charge on any atom is -0.367 e. The molecule has 0 spiro atoms. The molecule has 86 valence electrons. The van der Waals surface area contributed by atoms with Crippen molar-refractivity contribution in [1.82, 2.24) is 15.5 Å². The van der Waals surface area contributed by atoms with Crippen LogP contribution in [0.1, 0.15) is 17.8 Å². The van der Waals surface area contributed by atoms with Gasteiger partial charge in [0.05, 0.1) is 6.61 Å². The second kappa shape index (κ2) is 6.02. The number of hydrogen-bond donors (Lipinski definition) is 2. The van der Waals surface area contributed by atoms with Crippen LogP contribution in [0.2, 0.25) is 0 Å². The number of aromatic nitrogens is 2. The van der Waals surface area contributed by atoms with Crippen molar-refractivity contribution in [2.75, 3.05) is 26.2 Å². The lowest BCUT2D eigenvalue weighted by atomic mass is 10.3. The van der Waals surface area contributed by atoms with Gasteiger partial charge in [0.25, 0.3) is 0 Å². The predicted molar refractivity (Wildman–Crippen MR) is 55.9 cm³/mol. The minimum absolute atomic E-state index is 0. The SMILES string of the molecule is Cl.NCCc1nc(C2CNCCO2)no1. The average molecular weight is 235 g/mol. The van der Waals surface area contributed by atoms with Gasteiger partial charge in [0.1, 0.15) is 6.10 Å². The van der Waals surface area contributed by atoms with Crippen LogP contribution in [-0.4, -0.2) is 36.4 Å². The molecule has 7 heteroatoms. The summed E-state index contributed by atoms with van der Waals surface area (Å²) in [5, 5.41) is 7.06. The zero-order valence-electron chi connectivity index (χ0n) is 8.31. The van der Waals surface area contributed by atoms with Gasteiger partial charge >= 0.3 is 0 Å². The Labute approximate surface area is 94.0 Å². The first kappa shape index (κ1) is 12.4. The Hall–Kier alpha value is -0.690. The highest BCUT2D eigenvalue weighted by Crippen LogP contribution is 2.15. The fourth-order valence-electron chi connectivity index (χ4n) is 1.36. The van der Waals surface area contributed by atoms with Gasteiger partial charge in [-0.2, -0.15) is 4.98 Å². The van der Waals surface area contributed by atoms with Crippen LogP contribution in [-0.2, 0) is 11.2 Å². The second-order valence-corrected chi connectivity index (χ2v) is 3.15. The van der Waals surface area contributed by atoms with E-state index in [-0.39, 0.29) is 18.5 Å². The minimum atomic E-state index is -0.0842. The molecule has 0 amide bonds. The molecule has 0 bridgehead atoms. The first-order chi connectivity index (χ1) is 6.90. The molecular formula is C8H15ClN4O2. The fourth-order valence-corrected chi connectivity index (χ4v) is 1.36. The third kappa shape index (κ3) is 3.13. The zero-order chi connectivity index (χ0) is 9.80. The number of morpholine rings is 1. The first-order valence-corrected chi connectivity index (χ1v) is 4.75. The lowest BCUT2D eigenvalue weighted by Crippen LogP contribution is -2.33. The van der Waals surface area contributed by atoms with Gasteiger partial charge in [-0.25, -0.2) is 0 Å². The third-order valence-electron chi connectivity index (χ3n) is 2.06. The Morgan fingerprint density at radius 2 is 2.40 bits per heavy atom. The molecule has 1 fully saturated rings. The Bertz CT molecular complexity index is 288. The molecule has 1 saturated heterocycles. The van der Waals surface area contributed by atoms with Crippen LogP contribution < -0.4 is 11.1 Å². The average Bonchev–Trinajstić information content (AvgIpc) is 2.68. The number of nitrogens with one attached hydrogen (secondary N) is 1. The Morgan fingerprint density at radius 1 is 1.53 bits per heavy atom. The summed E-state index contributed by atoms with van der Waals surface area (Å²) in [7, 11) is 0. The van der Waals surface area contributed by atoms with E-state index in [1.807, 2.05) is 0 Å². The van der Waals surface area contributed by atoms with E-state index in [4.69, 9.17) is 15.0 Å². The Kier molecular flexibility index (Phi) is 4.97. The molecule has 3 N–H and O–H groups in total. The second-order valence-electron chi connectivity index (χ2n) is 3.15. The zero-order valence-corrected chi connectivity index (χ0v) is 9.13. The normalized spacial score (nSPS) is 21.0. The molecular weight excluding hydrogens is 220 g/mol. The van der Waals surface area contributed by atoms with E-state index in [0.717, 1.165) is 13.1 Å². The van der Waals surface area contributed by atoms with Gasteiger partial charge in [-0.3, -0.25) is 0 Å². The van der Waals surface area contributed by atoms with Gasteiger partial charge in [0.15, 0.2) is 0 Å². The summed E-state index contributed by atoms with van der Waals surface area (Å²) in [6.45, 7) is 2.82. The van der Waals surface area contributed by atoms with E-state index in [0.29, 0.717) is 31.3 Å². The van der Waals surface area contributed by atoms with E-state index in [1.165, 1.54) is 0 Å². The standard InChI is InChI=1S/C8H14N4O2.ClH/c9-2-1-7-11-8(12-14-7)6-5-10-3-4-13-6;/h6,10H,1-5,9H2;1H. The summed E-state index contributed by atoms with van der Waals surface area (Å²) in [5.74, 6) is 1.19. The number of nitrogens with two attached hydrogens (primary N) is 1. The quantitative estimate of drug-likeness (QED) is 0.744. The Morgan fingerprint density at radius 3 is 3.07 bits per heavy atom. The van der Waals surface area contributed by atoms with Crippen molar-refractivity contribution in [3.63, 3.8) is 0 Å². The van der Waals surface area contributed by atoms with Crippen LogP contribution in [0.5, 0.6) is 0 Å². The van der Waals surface area contributed by atoms with Crippen LogP contribution >= 0.6 is 12.4 Å². The molecule has 0 radical (unpaired) electrons. The van der Waals surface area contributed by atoms with Crippen molar-refractivity contribution in [3.8, 4) is 0 Å². The number of hydrogen-bond acceptors (Lipinski definition) is 6. The van der Waals surface area contributed by atoms with Gasteiger partial charge in [0, 0.05) is 26.1 Å². The van der Waals surface area contributed by atoms with E-state index < -0.39 is 0 Å². The van der Waals surface area contributed by atoms with Gasteiger partial charge in [0.2, 0.25) is 11.7 Å². The number of rotatable bonds is 3. The number of nitrogens with zero attached hydrogens (tertiary/aromatic N) is 2. The van der Waals surface area contributed by atoms with Gasteiger partial charge in [-0.15, -0.1) is 12.4 Å². The maximum Gasteiger partial charge on any atom is 0.228 e. The third-order valence-corrected chi connectivity index (χ3v) is 2.06. The van der Waals surface area contributed by atoms with Crippen molar-refractivity contribution in [3.05, 3.63) is 11.7 Å². The van der Waals surface area contributed by atoms with Crippen LogP contribution in [0.3, 0.4) is 0 Å². The lowest BCUT2D eigenvalue weighted by Gasteiger charge is -2.20. The summed E-state index contributed by atoms with van der Waals surface area (Å²) >= 11 is 0. The smallest absolute Gasteiger partial charge is 0.228 e. The molecule has 1 aromatic heterocycles. The summed E-state index contributed by atoms with van der Waals surface area (Å²) in [4.78, 5) is 4.20. The van der Waals surface area contributed by atoms with Gasteiger partial charge < -0.3 is 20.3 Å². The highest BCUT2D eigenvalue weighted by molar-refractivity contribution is 5.85. The Balaban J connectivity index is 0.00000112. The highest BCUT2D eigenvalue weighted by atomic mass is 35.5. The molecule has 2 heterocycles. The maximum atomic E-state index is 5.48.